The van der Waals surface area contributed by atoms with Gasteiger partial charge in [-0.2, -0.15) is 0 Å². The van der Waals surface area contributed by atoms with Crippen LogP contribution in [0.3, 0.4) is 0 Å². The van der Waals surface area contributed by atoms with E-state index in [0.717, 1.165) is 23.7 Å². The van der Waals surface area contributed by atoms with Gasteiger partial charge in [-0.05, 0) is 67.1 Å². The van der Waals surface area contributed by atoms with E-state index in [2.05, 4.69) is 62.5 Å². The molecule has 1 N–H and O–H groups in total. The second kappa shape index (κ2) is 9.10. The molecule has 0 aliphatic heterocycles. The number of hydrogen-bond acceptors (Lipinski definition) is 2. The highest BCUT2D eigenvalue weighted by Crippen LogP contribution is 2.29. The molecule has 0 saturated carbocycles. The average molecular weight is 346 g/mol. The van der Waals surface area contributed by atoms with Crippen molar-refractivity contribution in [3.8, 4) is 5.75 Å². The average Bonchev–Trinajstić information content (AvgIpc) is 2.59. The molecule has 0 aliphatic carbocycles. The fraction of sp³-hybridized carbons (Fsp3) is 0.429. The number of ether oxygens (including phenoxy) is 1. The first-order valence-corrected chi connectivity index (χ1v) is 9.02. The Morgan fingerprint density at radius 3 is 2.04 bits per heavy atom. The van der Waals surface area contributed by atoms with E-state index < -0.39 is 0 Å². The van der Waals surface area contributed by atoms with Crippen LogP contribution in [0.5, 0.6) is 5.75 Å². The van der Waals surface area contributed by atoms with Gasteiger partial charge in [-0.1, -0.05) is 49.7 Å². The van der Waals surface area contributed by atoms with Crippen LogP contribution in [-0.2, 0) is 0 Å². The van der Waals surface area contributed by atoms with E-state index >= 15 is 0 Å². The molecule has 3 heteroatoms. The summed E-state index contributed by atoms with van der Waals surface area (Å²) in [5.74, 6) is 2.06. The Hall–Kier alpha value is -1.51. The van der Waals surface area contributed by atoms with Crippen LogP contribution in [0.1, 0.15) is 50.3 Å². The van der Waals surface area contributed by atoms with Gasteiger partial charge in [-0.15, -0.1) is 0 Å². The summed E-state index contributed by atoms with van der Waals surface area (Å²) in [7, 11) is 1.71. The molecule has 0 heterocycles. The molecular weight excluding hydrogens is 318 g/mol. The van der Waals surface area contributed by atoms with E-state index in [1.807, 2.05) is 12.1 Å². The third-order valence-corrected chi connectivity index (χ3v) is 4.88. The van der Waals surface area contributed by atoms with Gasteiger partial charge in [0.1, 0.15) is 5.75 Å². The number of rotatable bonds is 8. The zero-order valence-corrected chi connectivity index (χ0v) is 15.8. The summed E-state index contributed by atoms with van der Waals surface area (Å²) in [5.41, 5.74) is 2.65. The van der Waals surface area contributed by atoms with Crippen LogP contribution in [0, 0.1) is 5.92 Å². The molecule has 0 radical (unpaired) electrons. The monoisotopic (exact) mass is 345 g/mol. The summed E-state index contributed by atoms with van der Waals surface area (Å²) in [6, 6.07) is 16.9. The highest BCUT2D eigenvalue weighted by atomic mass is 35.5. The van der Waals surface area contributed by atoms with Crippen LogP contribution >= 0.6 is 11.6 Å². The Labute approximate surface area is 151 Å². The fourth-order valence-electron chi connectivity index (χ4n) is 3.06. The third-order valence-electron chi connectivity index (χ3n) is 4.62. The molecular formula is C21H28ClNO. The van der Waals surface area contributed by atoms with Gasteiger partial charge in [-0.25, -0.2) is 0 Å². The zero-order chi connectivity index (χ0) is 17.5. The Bertz CT molecular complexity index is 607. The van der Waals surface area contributed by atoms with Crippen molar-refractivity contribution in [2.24, 2.45) is 5.92 Å². The second-order valence-electron chi connectivity index (χ2n) is 6.64. The predicted molar refractivity (Wildman–Crippen MR) is 103 cm³/mol. The van der Waals surface area contributed by atoms with Gasteiger partial charge >= 0.3 is 0 Å². The summed E-state index contributed by atoms with van der Waals surface area (Å²) in [4.78, 5) is 0. The maximum absolute atomic E-state index is 5.96. The maximum atomic E-state index is 5.96. The molecule has 2 aromatic carbocycles. The van der Waals surface area contributed by atoms with Crippen LogP contribution in [0.2, 0.25) is 5.02 Å². The Morgan fingerprint density at radius 2 is 1.50 bits per heavy atom. The summed E-state index contributed by atoms with van der Waals surface area (Å²) in [5, 5.41) is 4.41. The van der Waals surface area contributed by atoms with Gasteiger partial charge in [0.2, 0.25) is 0 Å². The van der Waals surface area contributed by atoms with Gasteiger partial charge in [0, 0.05) is 11.1 Å². The molecule has 2 rings (SSSR count). The quantitative estimate of drug-likeness (QED) is 0.650. The van der Waals surface area contributed by atoms with Gasteiger partial charge < -0.3 is 10.1 Å². The summed E-state index contributed by atoms with van der Waals surface area (Å²) >= 11 is 5.96. The topological polar surface area (TPSA) is 21.3 Å². The lowest BCUT2D eigenvalue weighted by molar-refractivity contribution is 0.412. The zero-order valence-electron chi connectivity index (χ0n) is 15.1. The van der Waals surface area contributed by atoms with Gasteiger partial charge in [0.05, 0.1) is 7.11 Å². The highest BCUT2D eigenvalue weighted by molar-refractivity contribution is 6.30. The molecule has 0 unspecified atom stereocenters. The van der Waals surface area contributed by atoms with Crippen molar-refractivity contribution in [1.82, 2.24) is 5.32 Å². The molecule has 0 saturated heterocycles. The molecule has 2 atom stereocenters. The van der Waals surface area contributed by atoms with E-state index in [-0.39, 0.29) is 0 Å². The van der Waals surface area contributed by atoms with Crippen molar-refractivity contribution in [2.45, 2.75) is 39.2 Å². The molecule has 2 aromatic rings. The van der Waals surface area contributed by atoms with Crippen LogP contribution in [0.25, 0.3) is 0 Å². The van der Waals surface area contributed by atoms with Crippen molar-refractivity contribution in [3.05, 3.63) is 64.7 Å². The minimum atomic E-state index is 0.325. The Morgan fingerprint density at radius 1 is 0.917 bits per heavy atom. The van der Waals surface area contributed by atoms with Crippen molar-refractivity contribution < 1.29 is 4.74 Å². The van der Waals surface area contributed by atoms with Crippen molar-refractivity contribution >= 4 is 11.6 Å². The van der Waals surface area contributed by atoms with Gasteiger partial charge in [-0.3, -0.25) is 0 Å². The standard InChI is InChI=1S/C21H28ClNO/c1-15(2)21(18-7-11-20(24-4)12-8-18)13-14-23-16(3)17-5-9-19(22)10-6-17/h5-12,15-16,21,23H,13-14H2,1-4H3/t16-,21-/m1/s1. The van der Waals surface area contributed by atoms with E-state index in [4.69, 9.17) is 16.3 Å². The Kier molecular flexibility index (Phi) is 7.14. The van der Waals surface area contributed by atoms with Crippen LogP contribution < -0.4 is 10.1 Å². The molecule has 0 aliphatic rings. The number of methoxy groups -OCH3 is 1. The van der Waals surface area contributed by atoms with Crippen LogP contribution in [-0.4, -0.2) is 13.7 Å². The van der Waals surface area contributed by atoms with Gasteiger partial charge in [0.25, 0.3) is 0 Å². The molecule has 0 spiro atoms. The lowest BCUT2D eigenvalue weighted by atomic mass is 9.85. The highest BCUT2D eigenvalue weighted by Gasteiger charge is 2.16. The first-order chi connectivity index (χ1) is 11.5. The lowest BCUT2D eigenvalue weighted by Gasteiger charge is -2.23. The van der Waals surface area contributed by atoms with E-state index in [0.29, 0.717) is 17.9 Å². The van der Waals surface area contributed by atoms with Crippen molar-refractivity contribution in [2.75, 3.05) is 13.7 Å². The predicted octanol–water partition coefficient (Wildman–Crippen LogP) is 5.83. The molecule has 0 fully saturated rings. The number of hydrogen-bond donors (Lipinski definition) is 1. The molecule has 0 amide bonds. The lowest BCUT2D eigenvalue weighted by Crippen LogP contribution is -2.22. The first-order valence-electron chi connectivity index (χ1n) is 8.64. The Balaban J connectivity index is 1.92. The minimum absolute atomic E-state index is 0.325. The van der Waals surface area contributed by atoms with Gasteiger partial charge in [0.15, 0.2) is 0 Å². The molecule has 0 bridgehead atoms. The van der Waals surface area contributed by atoms with Crippen molar-refractivity contribution in [1.29, 1.82) is 0 Å². The number of benzene rings is 2. The SMILES string of the molecule is COc1ccc([C@H](CCN[C@H](C)c2ccc(Cl)cc2)C(C)C)cc1. The fourth-order valence-corrected chi connectivity index (χ4v) is 3.19. The van der Waals surface area contributed by atoms with E-state index in [1.165, 1.54) is 11.1 Å². The summed E-state index contributed by atoms with van der Waals surface area (Å²) < 4.78 is 5.26. The smallest absolute Gasteiger partial charge is 0.118 e. The van der Waals surface area contributed by atoms with Crippen LogP contribution in [0.4, 0.5) is 0 Å². The van der Waals surface area contributed by atoms with Crippen molar-refractivity contribution in [3.63, 3.8) is 0 Å². The normalized spacial score (nSPS) is 13.8. The van der Waals surface area contributed by atoms with Crippen LogP contribution in [0.15, 0.2) is 48.5 Å². The maximum Gasteiger partial charge on any atom is 0.118 e. The van der Waals surface area contributed by atoms with E-state index in [1.54, 1.807) is 7.11 Å². The second-order valence-corrected chi connectivity index (χ2v) is 7.08. The number of nitrogens with one attached hydrogen (secondary N) is 1. The largest absolute Gasteiger partial charge is 0.497 e. The number of halogens is 1. The minimum Gasteiger partial charge on any atom is -0.497 e. The molecule has 130 valence electrons. The molecule has 0 aromatic heterocycles. The summed E-state index contributed by atoms with van der Waals surface area (Å²) in [6.45, 7) is 7.76. The summed E-state index contributed by atoms with van der Waals surface area (Å²) in [6.07, 6.45) is 1.11. The third kappa shape index (κ3) is 5.25. The first kappa shape index (κ1) is 18.8. The van der Waals surface area contributed by atoms with E-state index in [9.17, 15) is 0 Å². The molecule has 2 nitrogen and oxygen atoms in total. The molecule has 24 heavy (non-hydrogen) atoms.